The van der Waals surface area contributed by atoms with Gasteiger partial charge in [0, 0.05) is 49.7 Å². The van der Waals surface area contributed by atoms with Gasteiger partial charge in [0.05, 0.1) is 11.5 Å². The highest BCUT2D eigenvalue weighted by Crippen LogP contribution is 2.57. The van der Waals surface area contributed by atoms with Gasteiger partial charge in [-0.25, -0.2) is 4.98 Å². The number of nitriles is 1. The van der Waals surface area contributed by atoms with Crippen LogP contribution in [0.5, 0.6) is 0 Å². The van der Waals surface area contributed by atoms with Gasteiger partial charge in [-0.05, 0) is 56.8 Å². The van der Waals surface area contributed by atoms with E-state index in [4.69, 9.17) is 5.26 Å². The molecule has 9 heteroatoms. The average molecular weight is 499 g/mol. The van der Waals surface area contributed by atoms with Crippen LogP contribution in [-0.4, -0.2) is 71.3 Å². The zero-order valence-corrected chi connectivity index (χ0v) is 20.7. The molecule has 3 atom stereocenters. The smallest absolute Gasteiger partial charge is 0.255 e. The summed E-state index contributed by atoms with van der Waals surface area (Å²) in [6, 6.07) is 13.3. The number of aromatic nitrogens is 1. The Morgan fingerprint density at radius 3 is 2.70 bits per heavy atom. The van der Waals surface area contributed by atoms with Crippen molar-refractivity contribution in [2.75, 3.05) is 37.6 Å². The predicted octanol–water partition coefficient (Wildman–Crippen LogP) is 2.03. The van der Waals surface area contributed by atoms with Crippen LogP contribution in [0.25, 0.3) is 0 Å². The van der Waals surface area contributed by atoms with Crippen LogP contribution in [0.15, 0.2) is 42.6 Å². The van der Waals surface area contributed by atoms with E-state index in [9.17, 15) is 14.4 Å². The van der Waals surface area contributed by atoms with Gasteiger partial charge >= 0.3 is 0 Å². The molecule has 3 amide bonds. The molecule has 2 aromatic rings. The van der Waals surface area contributed by atoms with E-state index in [0.717, 1.165) is 30.6 Å². The summed E-state index contributed by atoms with van der Waals surface area (Å²) in [6.07, 6.45) is 5.40. The van der Waals surface area contributed by atoms with E-state index in [1.165, 1.54) is 12.3 Å². The summed E-state index contributed by atoms with van der Waals surface area (Å²) in [4.78, 5) is 51.2. The second-order valence-electron chi connectivity index (χ2n) is 10.4. The van der Waals surface area contributed by atoms with Crippen LogP contribution in [0.2, 0.25) is 0 Å². The first kappa shape index (κ1) is 23.6. The highest BCUT2D eigenvalue weighted by atomic mass is 16.2. The molecule has 1 aromatic carbocycles. The Labute approximate surface area is 216 Å². The molecule has 3 fully saturated rings. The van der Waals surface area contributed by atoms with Crippen molar-refractivity contribution in [1.29, 1.82) is 5.26 Å². The van der Waals surface area contributed by atoms with Gasteiger partial charge in [0.2, 0.25) is 5.91 Å². The minimum absolute atomic E-state index is 0.00772. The average Bonchev–Trinajstić information content (AvgIpc) is 3.58. The van der Waals surface area contributed by atoms with Crippen LogP contribution >= 0.6 is 0 Å². The molecule has 0 aliphatic carbocycles. The molecular weight excluding hydrogens is 468 g/mol. The normalized spacial score (nSPS) is 27.8. The molecule has 3 saturated heterocycles. The van der Waals surface area contributed by atoms with E-state index in [1.54, 1.807) is 11.0 Å². The minimum atomic E-state index is -0.945. The number of hydrogen-bond acceptors (Lipinski definition) is 6. The van der Waals surface area contributed by atoms with E-state index < -0.39 is 11.5 Å². The Hall–Kier alpha value is -3.77. The number of pyridine rings is 1. The van der Waals surface area contributed by atoms with Crippen LogP contribution in [0.3, 0.4) is 0 Å². The number of fused-ring (bicyclic) bond motifs is 4. The maximum atomic E-state index is 14.3. The SMILES string of the molecule is N#Cc1ccc(C(=O)N2CCCNC(=O)[C@H]3C[C@@H]4CCCN4[C@@]34C(=O)N(CCC2)c2ccccc24)cn1. The lowest BCUT2D eigenvalue weighted by Gasteiger charge is -2.37. The zero-order chi connectivity index (χ0) is 25.6. The highest BCUT2D eigenvalue weighted by molar-refractivity contribution is 6.11. The summed E-state index contributed by atoms with van der Waals surface area (Å²) in [5.74, 6) is -0.682. The Bertz CT molecular complexity index is 1290. The molecule has 1 aromatic heterocycles. The fraction of sp³-hybridized carbons (Fsp3) is 0.464. The highest BCUT2D eigenvalue weighted by Gasteiger charge is 2.66. The lowest BCUT2D eigenvalue weighted by Crippen LogP contribution is -2.56. The van der Waals surface area contributed by atoms with E-state index in [2.05, 4.69) is 15.2 Å². The number of nitrogens with one attached hydrogen (secondary N) is 1. The van der Waals surface area contributed by atoms with E-state index >= 15 is 0 Å². The van der Waals surface area contributed by atoms with E-state index in [0.29, 0.717) is 51.0 Å². The molecule has 9 nitrogen and oxygen atoms in total. The zero-order valence-electron chi connectivity index (χ0n) is 20.7. The third kappa shape index (κ3) is 3.62. The van der Waals surface area contributed by atoms with Gasteiger partial charge in [-0.1, -0.05) is 18.2 Å². The topological polar surface area (TPSA) is 110 Å². The first-order valence-electron chi connectivity index (χ1n) is 13.2. The number of anilines is 1. The number of carbonyl (C=O) groups excluding carboxylic acids is 3. The van der Waals surface area contributed by atoms with Crippen molar-refractivity contribution in [1.82, 2.24) is 20.1 Å². The van der Waals surface area contributed by atoms with Crippen molar-refractivity contribution in [2.45, 2.75) is 43.7 Å². The molecule has 2 bridgehead atoms. The quantitative estimate of drug-likeness (QED) is 0.644. The fourth-order valence-electron chi connectivity index (χ4n) is 6.89. The van der Waals surface area contributed by atoms with Crippen molar-refractivity contribution >= 4 is 23.4 Å². The lowest BCUT2D eigenvalue weighted by atomic mass is 9.78. The van der Waals surface area contributed by atoms with Crippen molar-refractivity contribution in [2.24, 2.45) is 5.92 Å². The Morgan fingerprint density at radius 2 is 1.89 bits per heavy atom. The van der Waals surface area contributed by atoms with Crippen molar-refractivity contribution in [3.63, 3.8) is 0 Å². The molecule has 4 aliphatic heterocycles. The molecule has 190 valence electrons. The van der Waals surface area contributed by atoms with Gasteiger partial charge in [-0.3, -0.25) is 19.3 Å². The predicted molar refractivity (Wildman–Crippen MR) is 135 cm³/mol. The maximum absolute atomic E-state index is 14.3. The molecule has 37 heavy (non-hydrogen) atoms. The molecule has 0 unspecified atom stereocenters. The first-order valence-corrected chi connectivity index (χ1v) is 13.2. The Morgan fingerprint density at radius 1 is 1.05 bits per heavy atom. The summed E-state index contributed by atoms with van der Waals surface area (Å²) in [5, 5.41) is 12.1. The standard InChI is InChI=1S/C28H30N6O3/c29-17-20-10-9-19(18-31-20)26(36)32-12-4-11-30-25(35)23-16-21-6-3-15-34(21)28(23)22-7-1-2-8-24(22)33(27(28)37)14-5-13-32/h1-2,7-10,18,21,23H,3-6,11-16H2,(H,30,35)/t21-,23+,28+/m0/s1. The van der Waals surface area contributed by atoms with Crippen molar-refractivity contribution in [3.8, 4) is 6.07 Å². The van der Waals surface area contributed by atoms with Gasteiger partial charge in [-0.2, -0.15) is 5.26 Å². The van der Waals surface area contributed by atoms with E-state index in [-0.39, 0.29) is 29.5 Å². The second kappa shape index (κ2) is 9.27. The first-order chi connectivity index (χ1) is 18.1. The number of amides is 3. The van der Waals surface area contributed by atoms with Crippen LogP contribution in [0, 0.1) is 17.2 Å². The Kier molecular flexibility index (Phi) is 5.92. The summed E-state index contributed by atoms with van der Waals surface area (Å²) < 4.78 is 0. The van der Waals surface area contributed by atoms with Crippen LogP contribution in [0.4, 0.5) is 5.69 Å². The van der Waals surface area contributed by atoms with Gasteiger partial charge in [0.15, 0.2) is 0 Å². The molecule has 5 heterocycles. The van der Waals surface area contributed by atoms with Crippen LogP contribution in [0.1, 0.15) is 53.7 Å². The monoisotopic (exact) mass is 498 g/mol. The minimum Gasteiger partial charge on any atom is -0.356 e. The molecule has 0 saturated carbocycles. The summed E-state index contributed by atoms with van der Waals surface area (Å²) in [7, 11) is 0. The molecule has 1 N–H and O–H groups in total. The molecule has 1 spiro atoms. The lowest BCUT2D eigenvalue weighted by molar-refractivity contribution is -0.138. The third-order valence-corrected chi connectivity index (χ3v) is 8.46. The molecule has 6 rings (SSSR count). The number of hydrogen-bond donors (Lipinski definition) is 1. The van der Waals surface area contributed by atoms with Gasteiger partial charge < -0.3 is 15.1 Å². The molecular formula is C28H30N6O3. The van der Waals surface area contributed by atoms with Gasteiger partial charge in [0.25, 0.3) is 11.8 Å². The molecule has 0 radical (unpaired) electrons. The number of rotatable bonds is 1. The maximum Gasteiger partial charge on any atom is 0.255 e. The largest absolute Gasteiger partial charge is 0.356 e. The van der Waals surface area contributed by atoms with Crippen LogP contribution in [-0.2, 0) is 15.1 Å². The van der Waals surface area contributed by atoms with Gasteiger partial charge in [-0.15, -0.1) is 0 Å². The van der Waals surface area contributed by atoms with Gasteiger partial charge in [0.1, 0.15) is 17.3 Å². The third-order valence-electron chi connectivity index (χ3n) is 8.46. The number of para-hydroxylation sites is 1. The number of carbonyl (C=O) groups is 3. The van der Waals surface area contributed by atoms with Crippen molar-refractivity contribution in [3.05, 3.63) is 59.4 Å². The van der Waals surface area contributed by atoms with Crippen molar-refractivity contribution < 1.29 is 14.4 Å². The number of nitrogens with zero attached hydrogens (tertiary/aromatic N) is 5. The summed E-state index contributed by atoms with van der Waals surface area (Å²) >= 11 is 0. The summed E-state index contributed by atoms with van der Waals surface area (Å²) in [6.45, 7) is 2.68. The molecule has 4 aliphatic rings. The second-order valence-corrected chi connectivity index (χ2v) is 10.4. The summed E-state index contributed by atoms with van der Waals surface area (Å²) in [5.41, 5.74) is 1.56. The van der Waals surface area contributed by atoms with Crippen LogP contribution < -0.4 is 10.2 Å². The fourth-order valence-corrected chi connectivity index (χ4v) is 6.89. The number of benzene rings is 1. The Balaban J connectivity index is 1.33. The van der Waals surface area contributed by atoms with E-state index in [1.807, 2.05) is 35.2 Å².